The summed E-state index contributed by atoms with van der Waals surface area (Å²) in [4.78, 5) is 8.95. The molecule has 0 amide bonds. The summed E-state index contributed by atoms with van der Waals surface area (Å²) in [7, 11) is 0. The van der Waals surface area contributed by atoms with Gasteiger partial charge in [0.2, 0.25) is 0 Å². The first-order valence-corrected chi connectivity index (χ1v) is 12.3. The van der Waals surface area contributed by atoms with Crippen LogP contribution in [0.4, 0.5) is 11.4 Å². The lowest BCUT2D eigenvalue weighted by molar-refractivity contribution is 0.750. The third-order valence-electron chi connectivity index (χ3n) is 6.37. The summed E-state index contributed by atoms with van der Waals surface area (Å²) in [5.41, 5.74) is 6.20. The topological polar surface area (TPSA) is 115 Å². The van der Waals surface area contributed by atoms with Crippen molar-refractivity contribution in [2.75, 3.05) is 10.6 Å². The number of fused-ring (bicyclic) bond motifs is 1. The Labute approximate surface area is 219 Å². The van der Waals surface area contributed by atoms with Crippen LogP contribution in [-0.2, 0) is 0 Å². The third-order valence-corrected chi connectivity index (χ3v) is 6.66. The fourth-order valence-electron chi connectivity index (χ4n) is 4.49. The van der Waals surface area contributed by atoms with Gasteiger partial charge in [0.25, 0.3) is 0 Å². The molecule has 37 heavy (non-hydrogen) atoms. The first-order chi connectivity index (χ1) is 18.1. The lowest BCUT2D eigenvalue weighted by Crippen LogP contribution is -2.15. The molecule has 2 unspecified atom stereocenters. The molecule has 0 aliphatic carbocycles. The fraction of sp³-hybridized carbons (Fsp3) is 0.179. The van der Waals surface area contributed by atoms with Gasteiger partial charge in [-0.1, -0.05) is 54.9 Å². The smallest absolute Gasteiger partial charge is 0.109 e. The van der Waals surface area contributed by atoms with Crippen molar-refractivity contribution < 1.29 is 0 Å². The molecule has 9 heteroatoms. The molecule has 0 spiro atoms. The van der Waals surface area contributed by atoms with Crippen LogP contribution in [0.25, 0.3) is 10.9 Å². The number of anilines is 2. The first-order valence-electron chi connectivity index (χ1n) is 12.0. The Kier molecular flexibility index (Phi) is 6.97. The van der Waals surface area contributed by atoms with Crippen molar-refractivity contribution in [3.63, 3.8) is 0 Å². The number of aromatic amines is 1. The van der Waals surface area contributed by atoms with Crippen LogP contribution >= 0.6 is 11.6 Å². The molecule has 0 radical (unpaired) electrons. The Morgan fingerprint density at radius 3 is 2.59 bits per heavy atom. The molecular weight excluding hydrogens is 484 g/mol. The molecule has 0 saturated heterocycles. The van der Waals surface area contributed by atoms with E-state index in [4.69, 9.17) is 11.6 Å². The average molecular weight is 509 g/mol. The molecule has 5 rings (SSSR count). The zero-order valence-electron chi connectivity index (χ0n) is 20.4. The van der Waals surface area contributed by atoms with Crippen molar-refractivity contribution in [2.24, 2.45) is 0 Å². The highest BCUT2D eigenvalue weighted by molar-refractivity contribution is 6.35. The quantitative estimate of drug-likeness (QED) is 0.224. The summed E-state index contributed by atoms with van der Waals surface area (Å²) in [5, 5.41) is 29.3. The summed E-state index contributed by atoms with van der Waals surface area (Å²) in [6.07, 6.45) is 5.84. The molecular formula is C28H25ClN8. The van der Waals surface area contributed by atoms with Crippen molar-refractivity contribution in [3.05, 3.63) is 106 Å². The van der Waals surface area contributed by atoms with Crippen LogP contribution in [-0.4, -0.2) is 25.4 Å². The second-order valence-corrected chi connectivity index (χ2v) is 9.09. The highest BCUT2D eigenvalue weighted by Crippen LogP contribution is 2.37. The van der Waals surface area contributed by atoms with Gasteiger partial charge in [0, 0.05) is 34.7 Å². The molecule has 0 fully saturated rings. The molecule has 0 aliphatic rings. The van der Waals surface area contributed by atoms with Gasteiger partial charge in [0.05, 0.1) is 40.1 Å². The highest BCUT2D eigenvalue weighted by atomic mass is 35.5. The number of benzene rings is 2. The van der Waals surface area contributed by atoms with E-state index in [1.165, 1.54) is 0 Å². The monoisotopic (exact) mass is 508 g/mol. The Hall–Kier alpha value is -4.48. The standard InChI is InChI=1S/C28H25ClN8/c1-3-24(18-8-5-4-6-9-18)35-26-19(14-30)15-32-27-22(26)12-20(13-23(27)29)34-28(25-16-33-37-36-25)21-10-7-11-31-17(21)2/h4-13,15-16,24,28,34H,3H2,1-2H3,(H,32,35)(H,33,36,37). The van der Waals surface area contributed by atoms with Crippen molar-refractivity contribution in [2.45, 2.75) is 32.4 Å². The van der Waals surface area contributed by atoms with Gasteiger partial charge in [0.1, 0.15) is 11.8 Å². The summed E-state index contributed by atoms with van der Waals surface area (Å²) in [6.45, 7) is 4.07. The van der Waals surface area contributed by atoms with Crippen LogP contribution in [0.2, 0.25) is 5.02 Å². The van der Waals surface area contributed by atoms with Crippen LogP contribution in [0.1, 0.15) is 53.5 Å². The Morgan fingerprint density at radius 2 is 1.89 bits per heavy atom. The fourth-order valence-corrected chi connectivity index (χ4v) is 4.76. The molecule has 0 aliphatic heterocycles. The zero-order chi connectivity index (χ0) is 25.8. The molecule has 184 valence electrons. The Morgan fingerprint density at radius 1 is 1.05 bits per heavy atom. The number of pyridine rings is 2. The van der Waals surface area contributed by atoms with Crippen molar-refractivity contribution in [3.8, 4) is 6.07 Å². The van der Waals surface area contributed by atoms with E-state index in [2.05, 4.69) is 61.1 Å². The van der Waals surface area contributed by atoms with Crippen molar-refractivity contribution >= 4 is 33.9 Å². The third kappa shape index (κ3) is 4.95. The summed E-state index contributed by atoms with van der Waals surface area (Å²) < 4.78 is 0. The van der Waals surface area contributed by atoms with Gasteiger partial charge in [-0.2, -0.15) is 20.7 Å². The molecule has 3 N–H and O–H groups in total. The summed E-state index contributed by atoms with van der Waals surface area (Å²) in [6, 6.07) is 19.8. The van der Waals surface area contributed by atoms with Crippen molar-refractivity contribution in [1.82, 2.24) is 25.4 Å². The van der Waals surface area contributed by atoms with Gasteiger partial charge in [-0.3, -0.25) is 9.97 Å². The number of nitrogens with one attached hydrogen (secondary N) is 3. The normalized spacial score (nSPS) is 12.6. The maximum absolute atomic E-state index is 9.92. The van der Waals surface area contributed by atoms with E-state index >= 15 is 0 Å². The van der Waals surface area contributed by atoms with Crippen LogP contribution in [0.15, 0.2) is 73.2 Å². The number of rotatable bonds is 8. The van der Waals surface area contributed by atoms with Crippen LogP contribution in [0.3, 0.4) is 0 Å². The van der Waals surface area contributed by atoms with Gasteiger partial charge in [0.15, 0.2) is 0 Å². The zero-order valence-corrected chi connectivity index (χ0v) is 21.2. The average Bonchev–Trinajstić information content (AvgIpc) is 3.46. The Bertz CT molecular complexity index is 1560. The van der Waals surface area contributed by atoms with E-state index in [-0.39, 0.29) is 12.1 Å². The summed E-state index contributed by atoms with van der Waals surface area (Å²) in [5.74, 6) is 0. The lowest BCUT2D eigenvalue weighted by atomic mass is 10.0. The maximum atomic E-state index is 9.92. The Balaban J connectivity index is 1.61. The van der Waals surface area contributed by atoms with Gasteiger partial charge in [-0.05, 0) is 37.1 Å². The minimum absolute atomic E-state index is 0.00946. The van der Waals surface area contributed by atoms with E-state index in [1.54, 1.807) is 18.6 Å². The van der Waals surface area contributed by atoms with Gasteiger partial charge >= 0.3 is 0 Å². The molecule has 5 aromatic rings. The number of nitrogens with zero attached hydrogens (tertiary/aromatic N) is 5. The molecule has 2 atom stereocenters. The van der Waals surface area contributed by atoms with Crippen molar-refractivity contribution in [1.29, 1.82) is 5.26 Å². The number of nitriles is 1. The molecule has 8 nitrogen and oxygen atoms in total. The number of hydrogen-bond donors (Lipinski definition) is 3. The number of H-pyrrole nitrogens is 1. The van der Waals surface area contributed by atoms with Crippen LogP contribution < -0.4 is 10.6 Å². The molecule has 0 bridgehead atoms. The molecule has 3 heterocycles. The van der Waals surface area contributed by atoms with E-state index in [0.29, 0.717) is 27.5 Å². The minimum Gasteiger partial charge on any atom is -0.377 e. The molecule has 3 aromatic heterocycles. The van der Waals surface area contributed by atoms with Gasteiger partial charge < -0.3 is 10.6 Å². The van der Waals surface area contributed by atoms with E-state index in [1.807, 2.05) is 49.4 Å². The van der Waals surface area contributed by atoms with E-state index in [9.17, 15) is 5.26 Å². The largest absolute Gasteiger partial charge is 0.377 e. The molecule has 2 aromatic carbocycles. The number of aryl methyl sites for hydroxylation is 1. The lowest BCUT2D eigenvalue weighted by Gasteiger charge is -2.23. The second-order valence-electron chi connectivity index (χ2n) is 8.68. The number of aromatic nitrogens is 5. The van der Waals surface area contributed by atoms with Crippen LogP contribution in [0.5, 0.6) is 0 Å². The maximum Gasteiger partial charge on any atom is 0.109 e. The highest BCUT2D eigenvalue weighted by Gasteiger charge is 2.22. The predicted molar refractivity (Wildman–Crippen MR) is 145 cm³/mol. The number of hydrogen-bond acceptors (Lipinski definition) is 7. The molecule has 0 saturated carbocycles. The van der Waals surface area contributed by atoms with E-state index in [0.717, 1.165) is 34.3 Å². The van der Waals surface area contributed by atoms with E-state index < -0.39 is 0 Å². The number of halogens is 1. The summed E-state index contributed by atoms with van der Waals surface area (Å²) >= 11 is 6.74. The SMILES string of the molecule is CCC(Nc1c(C#N)cnc2c(Cl)cc(NC(c3cn[nH]n3)c3cccnc3C)cc12)c1ccccc1. The minimum atomic E-state index is -0.322. The van der Waals surface area contributed by atoms with Crippen LogP contribution in [0, 0.1) is 18.3 Å². The first kappa shape index (κ1) is 24.2. The van der Waals surface area contributed by atoms with Gasteiger partial charge in [-0.15, -0.1) is 0 Å². The predicted octanol–water partition coefficient (Wildman–Crippen LogP) is 6.35. The van der Waals surface area contributed by atoms with Gasteiger partial charge in [-0.25, -0.2) is 0 Å². The second kappa shape index (κ2) is 10.6.